The van der Waals surface area contributed by atoms with Crippen molar-refractivity contribution in [3.8, 4) is 0 Å². The minimum Gasteiger partial charge on any atom is -0.362 e. The number of hydrogen-bond acceptors (Lipinski definition) is 1. The zero-order valence-electron chi connectivity index (χ0n) is 17.1. The molecule has 27 heavy (non-hydrogen) atoms. The van der Waals surface area contributed by atoms with Crippen molar-refractivity contribution in [3.63, 3.8) is 0 Å². The lowest BCUT2D eigenvalue weighted by atomic mass is 9.88. The van der Waals surface area contributed by atoms with Crippen molar-refractivity contribution in [2.75, 3.05) is 5.32 Å². The fourth-order valence-electron chi connectivity index (χ4n) is 3.58. The summed E-state index contributed by atoms with van der Waals surface area (Å²) < 4.78 is 0. The van der Waals surface area contributed by atoms with Crippen LogP contribution in [0.15, 0.2) is 36.5 Å². The maximum absolute atomic E-state index is 11.9. The smallest absolute Gasteiger partial charge is 0.224 e. The first kappa shape index (κ1) is 21.0. The molecule has 0 aliphatic rings. The van der Waals surface area contributed by atoms with E-state index in [1.807, 2.05) is 19.2 Å². The Hall–Kier alpha value is -2.29. The number of amides is 1. The van der Waals surface area contributed by atoms with Gasteiger partial charge in [-0.15, -0.1) is 0 Å². The summed E-state index contributed by atoms with van der Waals surface area (Å²) in [5.41, 5.74) is 3.63. The summed E-state index contributed by atoms with van der Waals surface area (Å²) in [5, 5.41) is 5.27. The standard InChI is InChI=1S/C24H34N2O/c1-5-7-10-20(14-13-18(3)23-15-16-25-19(23)4)21-11-8-12-22(17-21)26-24(27)9-6-2/h8,11-12,15-17,20,25H,4-7,9-10,13-14H2,1-3H3,(H,26,27)/b23-18+. The molecule has 0 aliphatic heterocycles. The molecule has 3 heteroatoms. The van der Waals surface area contributed by atoms with E-state index in [1.165, 1.54) is 35.6 Å². The van der Waals surface area contributed by atoms with Crippen molar-refractivity contribution in [1.82, 2.24) is 4.98 Å². The Morgan fingerprint density at radius 3 is 2.63 bits per heavy atom. The van der Waals surface area contributed by atoms with Crippen LogP contribution in [0, 0.1) is 0 Å². The summed E-state index contributed by atoms with van der Waals surface area (Å²) in [6.45, 7) is 10.5. The predicted molar refractivity (Wildman–Crippen MR) is 116 cm³/mol. The third-order valence-electron chi connectivity index (χ3n) is 5.19. The average Bonchev–Trinajstić information content (AvgIpc) is 3.08. The lowest BCUT2D eigenvalue weighted by Gasteiger charge is -2.18. The first-order valence-corrected chi connectivity index (χ1v) is 10.3. The third-order valence-corrected chi connectivity index (χ3v) is 5.19. The molecule has 1 amide bonds. The van der Waals surface area contributed by atoms with Crippen LogP contribution in [-0.2, 0) is 4.79 Å². The third kappa shape index (κ3) is 6.42. The number of aromatic amines is 1. The summed E-state index contributed by atoms with van der Waals surface area (Å²) in [5.74, 6) is 0.606. The number of carbonyl (C=O) groups is 1. The summed E-state index contributed by atoms with van der Waals surface area (Å²) in [7, 11) is 0. The van der Waals surface area contributed by atoms with Gasteiger partial charge in [0, 0.05) is 23.7 Å². The number of benzene rings is 1. The molecular weight excluding hydrogens is 332 g/mol. The number of unbranched alkanes of at least 4 members (excludes halogenated alkanes) is 1. The Morgan fingerprint density at radius 1 is 1.15 bits per heavy atom. The molecule has 1 aromatic heterocycles. The van der Waals surface area contributed by atoms with Gasteiger partial charge in [0.15, 0.2) is 0 Å². The van der Waals surface area contributed by atoms with E-state index < -0.39 is 0 Å². The number of hydrogen-bond donors (Lipinski definition) is 2. The maximum Gasteiger partial charge on any atom is 0.224 e. The van der Waals surface area contributed by atoms with Gasteiger partial charge >= 0.3 is 0 Å². The SMILES string of the molecule is C=c1[nH]cc/c1=C(/C)CCC(CCCC)c1cccc(NC(=O)CCC)c1. The Kier molecular flexibility index (Phi) is 8.38. The van der Waals surface area contributed by atoms with Gasteiger partial charge in [0.2, 0.25) is 5.91 Å². The maximum atomic E-state index is 11.9. The van der Waals surface area contributed by atoms with Gasteiger partial charge < -0.3 is 10.3 Å². The topological polar surface area (TPSA) is 44.9 Å². The van der Waals surface area contributed by atoms with Crippen LogP contribution in [0.4, 0.5) is 5.69 Å². The van der Waals surface area contributed by atoms with E-state index >= 15 is 0 Å². The van der Waals surface area contributed by atoms with E-state index in [0.717, 1.165) is 30.3 Å². The van der Waals surface area contributed by atoms with Crippen molar-refractivity contribution < 1.29 is 4.79 Å². The Labute approximate surface area is 163 Å². The van der Waals surface area contributed by atoms with Crippen LogP contribution in [0.1, 0.15) is 77.2 Å². The molecule has 1 atom stereocenters. The van der Waals surface area contributed by atoms with Gasteiger partial charge in [-0.05, 0) is 67.5 Å². The van der Waals surface area contributed by atoms with Gasteiger partial charge in [0.25, 0.3) is 0 Å². The zero-order chi connectivity index (χ0) is 19.6. The van der Waals surface area contributed by atoms with Crippen LogP contribution in [0.25, 0.3) is 12.2 Å². The molecule has 0 saturated heterocycles. The van der Waals surface area contributed by atoms with E-state index in [0.29, 0.717) is 12.3 Å². The van der Waals surface area contributed by atoms with E-state index in [9.17, 15) is 4.79 Å². The summed E-state index contributed by atoms with van der Waals surface area (Å²) in [6, 6.07) is 10.5. The van der Waals surface area contributed by atoms with Gasteiger partial charge in [0.1, 0.15) is 0 Å². The monoisotopic (exact) mass is 366 g/mol. The van der Waals surface area contributed by atoms with E-state index in [2.05, 4.69) is 55.0 Å². The molecule has 3 nitrogen and oxygen atoms in total. The van der Waals surface area contributed by atoms with Gasteiger partial charge in [-0.3, -0.25) is 4.79 Å². The van der Waals surface area contributed by atoms with E-state index in [-0.39, 0.29) is 5.91 Å². The number of H-pyrrole nitrogens is 1. The second-order valence-electron chi connectivity index (χ2n) is 7.45. The summed E-state index contributed by atoms with van der Waals surface area (Å²) in [6.07, 6.45) is 9.17. The molecule has 2 N–H and O–H groups in total. The fraction of sp³-hybridized carbons (Fsp3) is 0.458. The number of rotatable bonds is 10. The lowest BCUT2D eigenvalue weighted by Crippen LogP contribution is -2.22. The first-order chi connectivity index (χ1) is 13.0. The van der Waals surface area contributed by atoms with E-state index in [4.69, 9.17) is 0 Å². The zero-order valence-corrected chi connectivity index (χ0v) is 17.1. The molecule has 1 unspecified atom stereocenters. The minimum atomic E-state index is 0.0966. The first-order valence-electron chi connectivity index (χ1n) is 10.3. The van der Waals surface area contributed by atoms with Crippen LogP contribution in [-0.4, -0.2) is 10.9 Å². The molecule has 146 valence electrons. The molecule has 0 radical (unpaired) electrons. The largest absolute Gasteiger partial charge is 0.362 e. The number of nitrogens with one attached hydrogen (secondary N) is 2. The Bertz CT molecular complexity index is 834. The second kappa shape index (κ2) is 10.8. The van der Waals surface area contributed by atoms with Crippen molar-refractivity contribution in [2.45, 2.75) is 71.6 Å². The molecule has 2 rings (SSSR count). The Morgan fingerprint density at radius 2 is 1.96 bits per heavy atom. The number of anilines is 1. The van der Waals surface area contributed by atoms with Gasteiger partial charge in [0.05, 0.1) is 0 Å². The summed E-state index contributed by atoms with van der Waals surface area (Å²) in [4.78, 5) is 15.1. The fourth-order valence-corrected chi connectivity index (χ4v) is 3.58. The van der Waals surface area contributed by atoms with Crippen LogP contribution in [0.3, 0.4) is 0 Å². The van der Waals surface area contributed by atoms with E-state index in [1.54, 1.807) is 0 Å². The van der Waals surface area contributed by atoms with Crippen molar-refractivity contribution >= 4 is 23.7 Å². The highest BCUT2D eigenvalue weighted by Crippen LogP contribution is 2.30. The molecular formula is C24H34N2O. The molecule has 0 aliphatic carbocycles. The molecule has 1 heterocycles. The Balaban J connectivity index is 2.14. The van der Waals surface area contributed by atoms with Crippen LogP contribution in [0.2, 0.25) is 0 Å². The average molecular weight is 367 g/mol. The number of aromatic nitrogens is 1. The molecule has 0 saturated carbocycles. The minimum absolute atomic E-state index is 0.0966. The van der Waals surface area contributed by atoms with Gasteiger partial charge in [-0.25, -0.2) is 0 Å². The number of carbonyl (C=O) groups excluding carboxylic acids is 1. The van der Waals surface area contributed by atoms with Crippen molar-refractivity contribution in [1.29, 1.82) is 0 Å². The van der Waals surface area contributed by atoms with Gasteiger partial charge in [-0.2, -0.15) is 0 Å². The van der Waals surface area contributed by atoms with Crippen LogP contribution < -0.4 is 15.9 Å². The normalized spacial score (nSPS) is 13.3. The highest BCUT2D eigenvalue weighted by atomic mass is 16.1. The predicted octanol–water partition coefficient (Wildman–Crippen LogP) is 5.09. The van der Waals surface area contributed by atoms with Gasteiger partial charge in [-0.1, -0.05) is 51.0 Å². The lowest BCUT2D eigenvalue weighted by molar-refractivity contribution is -0.116. The molecule has 0 spiro atoms. The molecule has 2 aromatic rings. The van der Waals surface area contributed by atoms with Crippen molar-refractivity contribution in [3.05, 3.63) is 52.7 Å². The highest BCUT2D eigenvalue weighted by molar-refractivity contribution is 5.90. The highest BCUT2D eigenvalue weighted by Gasteiger charge is 2.13. The second-order valence-corrected chi connectivity index (χ2v) is 7.45. The molecule has 1 aromatic carbocycles. The molecule has 0 fully saturated rings. The van der Waals surface area contributed by atoms with Crippen LogP contribution >= 0.6 is 0 Å². The van der Waals surface area contributed by atoms with Crippen LogP contribution in [0.5, 0.6) is 0 Å². The summed E-state index contributed by atoms with van der Waals surface area (Å²) >= 11 is 0. The quantitative estimate of drug-likeness (QED) is 0.604. The van der Waals surface area contributed by atoms with Crippen molar-refractivity contribution in [2.24, 2.45) is 0 Å². The molecule has 0 bridgehead atoms.